The molecule has 0 aliphatic heterocycles. The Morgan fingerprint density at radius 2 is 1.97 bits per heavy atom. The Hall–Kier alpha value is -3.85. The Morgan fingerprint density at radius 1 is 1.12 bits per heavy atom. The summed E-state index contributed by atoms with van der Waals surface area (Å²) in [5, 5.41) is 9.16. The molecule has 3 N–H and O–H groups in total. The number of benzene rings is 1. The van der Waals surface area contributed by atoms with E-state index >= 15 is 0 Å². The van der Waals surface area contributed by atoms with Crippen molar-refractivity contribution in [3.63, 3.8) is 0 Å². The summed E-state index contributed by atoms with van der Waals surface area (Å²) in [7, 11) is 0. The minimum Gasteiger partial charge on any atom is -0.383 e. The Bertz CT molecular complexity index is 1570. The first-order valence-electron chi connectivity index (χ1n) is 11.4. The molecule has 0 spiro atoms. The highest BCUT2D eigenvalue weighted by molar-refractivity contribution is 5.92. The van der Waals surface area contributed by atoms with Gasteiger partial charge in [-0.05, 0) is 63.2 Å². The molecular weight excluding hydrogens is 433 g/mol. The molecule has 0 radical (unpaired) electrons. The van der Waals surface area contributed by atoms with E-state index in [1.807, 2.05) is 13.0 Å². The molecule has 0 saturated carbocycles. The summed E-state index contributed by atoms with van der Waals surface area (Å²) >= 11 is 0. The van der Waals surface area contributed by atoms with Crippen molar-refractivity contribution in [1.82, 2.24) is 29.5 Å². The van der Waals surface area contributed by atoms with Crippen molar-refractivity contribution in [2.45, 2.75) is 32.7 Å². The van der Waals surface area contributed by atoms with E-state index in [0.29, 0.717) is 39.0 Å². The third-order valence-corrected chi connectivity index (χ3v) is 6.12. The maximum atomic E-state index is 13.8. The maximum absolute atomic E-state index is 13.8. The third kappa shape index (κ3) is 3.77. The molecule has 9 heteroatoms. The quantitative estimate of drug-likeness (QED) is 0.358. The van der Waals surface area contributed by atoms with Gasteiger partial charge in [0.2, 0.25) is 0 Å². The molecule has 5 rings (SSSR count). The van der Waals surface area contributed by atoms with E-state index in [9.17, 15) is 9.18 Å². The van der Waals surface area contributed by atoms with Gasteiger partial charge in [0.05, 0.1) is 17.1 Å². The molecule has 4 heterocycles. The monoisotopic (exact) mass is 459 g/mol. The molecule has 1 unspecified atom stereocenters. The van der Waals surface area contributed by atoms with Crippen molar-refractivity contribution in [2.75, 3.05) is 18.8 Å². The van der Waals surface area contributed by atoms with Crippen molar-refractivity contribution in [3.8, 4) is 11.1 Å². The van der Waals surface area contributed by atoms with Gasteiger partial charge in [0, 0.05) is 34.8 Å². The highest BCUT2D eigenvalue weighted by atomic mass is 19.1. The molecule has 1 atom stereocenters. The summed E-state index contributed by atoms with van der Waals surface area (Å²) in [5.74, 6) is 0.0715. The van der Waals surface area contributed by atoms with Crippen molar-refractivity contribution in [1.29, 1.82) is 0 Å². The molecule has 1 aromatic carbocycles. The van der Waals surface area contributed by atoms with Crippen molar-refractivity contribution in [3.05, 3.63) is 65.0 Å². The number of nitrogens with zero attached hydrogens (tertiary/aromatic N) is 5. The molecule has 4 aromatic heterocycles. The molecular formula is C25H26FN7O. The molecule has 5 aromatic rings. The summed E-state index contributed by atoms with van der Waals surface area (Å²) < 4.78 is 17.0. The van der Waals surface area contributed by atoms with Crippen LogP contribution in [-0.2, 0) is 0 Å². The fourth-order valence-electron chi connectivity index (χ4n) is 4.32. The van der Waals surface area contributed by atoms with E-state index in [1.165, 1.54) is 18.2 Å². The third-order valence-electron chi connectivity index (χ3n) is 6.12. The number of anilines is 1. The molecule has 0 aliphatic rings. The second kappa shape index (κ2) is 8.83. The van der Waals surface area contributed by atoms with Crippen LogP contribution in [0.5, 0.6) is 0 Å². The van der Waals surface area contributed by atoms with Gasteiger partial charge < -0.3 is 11.1 Å². The maximum Gasteiger partial charge on any atom is 0.252 e. The zero-order chi connectivity index (χ0) is 23.8. The van der Waals surface area contributed by atoms with Gasteiger partial charge in [0.25, 0.3) is 5.56 Å². The van der Waals surface area contributed by atoms with Crippen molar-refractivity contribution in [2.24, 2.45) is 0 Å². The molecule has 34 heavy (non-hydrogen) atoms. The number of rotatable bonds is 7. The van der Waals surface area contributed by atoms with Crippen LogP contribution >= 0.6 is 0 Å². The second-order valence-electron chi connectivity index (χ2n) is 8.52. The number of pyridine rings is 2. The minimum atomic E-state index is -0.328. The van der Waals surface area contributed by atoms with E-state index < -0.39 is 0 Å². The lowest BCUT2D eigenvalue weighted by molar-refractivity contribution is 0.481. The first-order chi connectivity index (χ1) is 16.5. The molecule has 174 valence electrons. The van der Waals surface area contributed by atoms with Crippen LogP contribution in [-0.4, -0.2) is 37.2 Å². The van der Waals surface area contributed by atoms with Gasteiger partial charge in [-0.25, -0.2) is 9.37 Å². The topological polar surface area (TPSA) is 103 Å². The summed E-state index contributed by atoms with van der Waals surface area (Å²) in [6.45, 7) is 5.86. The lowest BCUT2D eigenvalue weighted by Crippen LogP contribution is -2.27. The van der Waals surface area contributed by atoms with Crippen LogP contribution in [0.1, 0.15) is 32.7 Å². The summed E-state index contributed by atoms with van der Waals surface area (Å²) in [4.78, 5) is 22.2. The predicted octanol–water partition coefficient (Wildman–Crippen LogP) is 3.93. The largest absolute Gasteiger partial charge is 0.383 e. The van der Waals surface area contributed by atoms with Crippen molar-refractivity contribution >= 4 is 33.4 Å². The molecule has 0 fully saturated rings. The molecule has 0 amide bonds. The van der Waals surface area contributed by atoms with Crippen LogP contribution in [0.25, 0.3) is 38.7 Å². The van der Waals surface area contributed by atoms with Crippen LogP contribution in [0.2, 0.25) is 0 Å². The lowest BCUT2D eigenvalue weighted by atomic mass is 10.1. The van der Waals surface area contributed by atoms with Gasteiger partial charge in [-0.3, -0.25) is 14.3 Å². The van der Waals surface area contributed by atoms with Gasteiger partial charge in [-0.2, -0.15) is 9.61 Å². The summed E-state index contributed by atoms with van der Waals surface area (Å²) in [6, 6.07) is 9.46. The number of nitrogens with one attached hydrogen (secondary N) is 1. The predicted molar refractivity (Wildman–Crippen MR) is 132 cm³/mol. The number of nitrogens with two attached hydrogens (primary N) is 1. The first-order valence-corrected chi connectivity index (χ1v) is 11.4. The van der Waals surface area contributed by atoms with Gasteiger partial charge in [-0.15, -0.1) is 0 Å². The number of aromatic nitrogens is 5. The van der Waals surface area contributed by atoms with E-state index in [2.05, 4.69) is 22.3 Å². The Balaban J connectivity index is 1.66. The van der Waals surface area contributed by atoms with Crippen LogP contribution < -0.4 is 16.6 Å². The average Bonchev–Trinajstić information content (AvgIpc) is 3.25. The molecule has 0 bridgehead atoms. The SMILES string of the molecule is CCCNCCC(C)n1c(=O)ccc2c(N)n3ncc(-c4cnc5ccc(F)cc5c4)c3nc21. The van der Waals surface area contributed by atoms with Crippen LogP contribution in [0.15, 0.2) is 53.6 Å². The average molecular weight is 460 g/mol. The molecule has 0 saturated heterocycles. The van der Waals surface area contributed by atoms with Gasteiger partial charge >= 0.3 is 0 Å². The van der Waals surface area contributed by atoms with Crippen LogP contribution in [0, 0.1) is 5.82 Å². The highest BCUT2D eigenvalue weighted by Gasteiger charge is 2.18. The zero-order valence-corrected chi connectivity index (χ0v) is 19.1. The smallest absolute Gasteiger partial charge is 0.252 e. The fourth-order valence-corrected chi connectivity index (χ4v) is 4.32. The Labute approximate surface area is 195 Å². The minimum absolute atomic E-state index is 0.0772. The Kier molecular flexibility index (Phi) is 5.70. The standard InChI is InChI=1S/C25H26FN7O/c1-3-9-28-10-8-15(2)32-22(34)7-5-19-23(27)33-25(31-24(19)32)20(14-30-33)17-11-16-12-18(26)4-6-21(16)29-13-17/h4-7,11-15,28H,3,8-10,27H2,1-2H3. The van der Waals surface area contributed by atoms with Gasteiger partial charge in [-0.1, -0.05) is 6.92 Å². The van der Waals surface area contributed by atoms with Crippen LogP contribution in [0.3, 0.4) is 0 Å². The second-order valence-corrected chi connectivity index (χ2v) is 8.52. The van der Waals surface area contributed by atoms with E-state index in [0.717, 1.165) is 31.5 Å². The van der Waals surface area contributed by atoms with E-state index in [-0.39, 0.29) is 17.4 Å². The normalized spacial score (nSPS) is 12.7. The van der Waals surface area contributed by atoms with Gasteiger partial charge in [0.15, 0.2) is 5.65 Å². The van der Waals surface area contributed by atoms with E-state index in [4.69, 9.17) is 10.7 Å². The summed E-state index contributed by atoms with van der Waals surface area (Å²) in [6.07, 6.45) is 5.21. The van der Waals surface area contributed by atoms with E-state index in [1.54, 1.807) is 33.6 Å². The van der Waals surface area contributed by atoms with Crippen molar-refractivity contribution < 1.29 is 4.39 Å². The zero-order valence-electron chi connectivity index (χ0n) is 19.1. The first kappa shape index (κ1) is 22.0. The number of hydrogen-bond acceptors (Lipinski definition) is 6. The number of fused-ring (bicyclic) bond motifs is 3. The summed E-state index contributed by atoms with van der Waals surface area (Å²) in [5.41, 5.74) is 9.51. The molecule has 8 nitrogen and oxygen atoms in total. The molecule has 0 aliphatic carbocycles. The van der Waals surface area contributed by atoms with Crippen LogP contribution in [0.4, 0.5) is 10.2 Å². The lowest BCUT2D eigenvalue weighted by Gasteiger charge is -2.18. The highest BCUT2D eigenvalue weighted by Crippen LogP contribution is 2.30. The number of hydrogen-bond donors (Lipinski definition) is 2. The number of nitrogen functional groups attached to an aromatic ring is 1. The van der Waals surface area contributed by atoms with Gasteiger partial charge in [0.1, 0.15) is 17.3 Å². The fraction of sp³-hybridized carbons (Fsp3) is 0.280. The number of halogens is 1. The Morgan fingerprint density at radius 3 is 2.79 bits per heavy atom.